The summed E-state index contributed by atoms with van der Waals surface area (Å²) in [6.07, 6.45) is 3.77. The molecule has 0 bridgehead atoms. The summed E-state index contributed by atoms with van der Waals surface area (Å²) in [5, 5.41) is 3.44. The molecule has 0 spiro atoms. The predicted molar refractivity (Wildman–Crippen MR) is 62.8 cm³/mol. The van der Waals surface area contributed by atoms with Crippen LogP contribution >= 0.6 is 28.3 Å². The maximum Gasteiger partial charge on any atom is 0.0384 e. The fourth-order valence-electron chi connectivity index (χ4n) is 1.63. The Morgan fingerprint density at radius 1 is 1.23 bits per heavy atom. The van der Waals surface area contributed by atoms with Crippen molar-refractivity contribution in [1.29, 1.82) is 0 Å². The molecule has 13 heavy (non-hydrogen) atoms. The molecule has 0 saturated carbocycles. The smallest absolute Gasteiger partial charge is 0.0384 e. The molecule has 0 aromatic heterocycles. The maximum atomic E-state index is 3.58. The van der Waals surface area contributed by atoms with Gasteiger partial charge in [-0.05, 0) is 37.0 Å². The molecule has 1 aliphatic rings. The Labute approximate surface area is 93.5 Å². The van der Waals surface area contributed by atoms with E-state index in [0.29, 0.717) is 0 Å². The predicted octanol–water partition coefficient (Wildman–Crippen LogP) is 3.62. The van der Waals surface area contributed by atoms with Gasteiger partial charge in [-0.1, -0.05) is 22.0 Å². The Morgan fingerprint density at radius 3 is 2.92 bits per heavy atom. The van der Waals surface area contributed by atoms with E-state index < -0.39 is 0 Å². The van der Waals surface area contributed by atoms with Gasteiger partial charge >= 0.3 is 0 Å². The van der Waals surface area contributed by atoms with Crippen molar-refractivity contribution in [3.05, 3.63) is 28.2 Å². The minimum atomic E-state index is 0. The second kappa shape index (κ2) is 4.87. The SMILES string of the molecule is Brc1cccc2c1CCCCN2.Cl. The molecule has 0 amide bonds. The van der Waals surface area contributed by atoms with Crippen molar-refractivity contribution in [2.45, 2.75) is 19.3 Å². The van der Waals surface area contributed by atoms with Gasteiger partial charge in [0.15, 0.2) is 0 Å². The maximum absolute atomic E-state index is 3.58. The first kappa shape index (κ1) is 10.9. The van der Waals surface area contributed by atoms with Gasteiger partial charge in [-0.2, -0.15) is 0 Å². The monoisotopic (exact) mass is 261 g/mol. The summed E-state index contributed by atoms with van der Waals surface area (Å²) in [5.41, 5.74) is 2.75. The van der Waals surface area contributed by atoms with E-state index in [9.17, 15) is 0 Å². The Balaban J connectivity index is 0.000000845. The summed E-state index contributed by atoms with van der Waals surface area (Å²) in [6.45, 7) is 1.11. The van der Waals surface area contributed by atoms with Gasteiger partial charge in [-0.15, -0.1) is 12.4 Å². The summed E-state index contributed by atoms with van der Waals surface area (Å²) in [6, 6.07) is 6.36. The molecule has 0 atom stereocenters. The molecule has 3 heteroatoms. The normalized spacial score (nSPS) is 14.8. The lowest BCUT2D eigenvalue weighted by atomic mass is 10.1. The van der Waals surface area contributed by atoms with Crippen molar-refractivity contribution >= 4 is 34.0 Å². The number of rotatable bonds is 0. The molecule has 1 N–H and O–H groups in total. The van der Waals surface area contributed by atoms with E-state index in [1.807, 2.05) is 0 Å². The van der Waals surface area contributed by atoms with Gasteiger partial charge in [0.05, 0.1) is 0 Å². The third-order valence-electron chi connectivity index (χ3n) is 2.29. The van der Waals surface area contributed by atoms with Gasteiger partial charge in [0.2, 0.25) is 0 Å². The molecule has 0 unspecified atom stereocenters. The molecular formula is C10H13BrClN. The second-order valence-electron chi connectivity index (χ2n) is 3.15. The Hall–Kier alpha value is -0.210. The summed E-state index contributed by atoms with van der Waals surface area (Å²) in [7, 11) is 0. The second-order valence-corrected chi connectivity index (χ2v) is 4.00. The van der Waals surface area contributed by atoms with E-state index in [0.717, 1.165) is 6.54 Å². The van der Waals surface area contributed by atoms with Crippen LogP contribution in [-0.4, -0.2) is 6.54 Å². The third-order valence-corrected chi connectivity index (χ3v) is 3.03. The van der Waals surface area contributed by atoms with Gasteiger partial charge in [0.25, 0.3) is 0 Å². The number of nitrogens with one attached hydrogen (secondary N) is 1. The van der Waals surface area contributed by atoms with E-state index in [4.69, 9.17) is 0 Å². The third kappa shape index (κ3) is 2.38. The van der Waals surface area contributed by atoms with Gasteiger partial charge < -0.3 is 5.32 Å². The van der Waals surface area contributed by atoms with Crippen molar-refractivity contribution in [1.82, 2.24) is 0 Å². The lowest BCUT2D eigenvalue weighted by molar-refractivity contribution is 0.784. The molecule has 1 heterocycles. The largest absolute Gasteiger partial charge is 0.385 e. The van der Waals surface area contributed by atoms with Crippen LogP contribution in [0.4, 0.5) is 5.69 Å². The standard InChI is InChI=1S/C10H12BrN.ClH/c11-9-5-3-6-10-8(9)4-1-2-7-12-10;/h3,5-6,12H,1-2,4,7H2;1H. The number of hydrogen-bond donors (Lipinski definition) is 1. The van der Waals surface area contributed by atoms with Gasteiger partial charge in [0.1, 0.15) is 0 Å². The summed E-state index contributed by atoms with van der Waals surface area (Å²) in [5.74, 6) is 0. The zero-order valence-electron chi connectivity index (χ0n) is 7.35. The van der Waals surface area contributed by atoms with Crippen LogP contribution in [0, 0.1) is 0 Å². The van der Waals surface area contributed by atoms with Crippen molar-refractivity contribution in [3.63, 3.8) is 0 Å². The molecule has 72 valence electrons. The lowest BCUT2D eigenvalue weighted by Crippen LogP contribution is -1.99. The Bertz CT molecular complexity index is 288. The van der Waals surface area contributed by atoms with Crippen molar-refractivity contribution in [2.75, 3.05) is 11.9 Å². The summed E-state index contributed by atoms with van der Waals surface area (Å²) < 4.78 is 1.24. The van der Waals surface area contributed by atoms with Gasteiger partial charge in [0, 0.05) is 16.7 Å². The van der Waals surface area contributed by atoms with Crippen LogP contribution in [0.25, 0.3) is 0 Å². The van der Waals surface area contributed by atoms with Crippen LogP contribution in [0.1, 0.15) is 18.4 Å². The fraction of sp³-hybridized carbons (Fsp3) is 0.400. The lowest BCUT2D eigenvalue weighted by Gasteiger charge is -2.08. The van der Waals surface area contributed by atoms with E-state index in [-0.39, 0.29) is 12.4 Å². The Morgan fingerprint density at radius 2 is 2.08 bits per heavy atom. The highest BCUT2D eigenvalue weighted by Crippen LogP contribution is 2.28. The van der Waals surface area contributed by atoms with Crippen LogP contribution < -0.4 is 5.32 Å². The van der Waals surface area contributed by atoms with Crippen LogP contribution in [0.2, 0.25) is 0 Å². The zero-order chi connectivity index (χ0) is 8.39. The molecule has 0 fully saturated rings. The molecule has 1 aromatic carbocycles. The first-order valence-corrected chi connectivity index (χ1v) is 5.18. The van der Waals surface area contributed by atoms with Crippen LogP contribution in [0.15, 0.2) is 22.7 Å². The van der Waals surface area contributed by atoms with Crippen molar-refractivity contribution in [3.8, 4) is 0 Å². The first-order chi connectivity index (χ1) is 5.88. The quantitative estimate of drug-likeness (QED) is 0.753. The summed E-state index contributed by atoms with van der Waals surface area (Å²) in [4.78, 5) is 0. The van der Waals surface area contributed by atoms with Gasteiger partial charge in [-0.3, -0.25) is 0 Å². The van der Waals surface area contributed by atoms with E-state index in [1.165, 1.54) is 35.0 Å². The number of benzene rings is 1. The average molecular weight is 263 g/mol. The molecular weight excluding hydrogens is 249 g/mol. The number of fused-ring (bicyclic) bond motifs is 1. The number of anilines is 1. The molecule has 2 rings (SSSR count). The number of halogens is 2. The highest BCUT2D eigenvalue weighted by molar-refractivity contribution is 9.10. The van der Waals surface area contributed by atoms with Crippen LogP contribution in [0.3, 0.4) is 0 Å². The van der Waals surface area contributed by atoms with E-state index in [1.54, 1.807) is 0 Å². The highest BCUT2D eigenvalue weighted by Gasteiger charge is 2.08. The minimum Gasteiger partial charge on any atom is -0.385 e. The average Bonchev–Trinajstić information content (AvgIpc) is 2.30. The fourth-order valence-corrected chi connectivity index (χ4v) is 2.19. The van der Waals surface area contributed by atoms with Crippen LogP contribution in [-0.2, 0) is 6.42 Å². The molecule has 0 saturated heterocycles. The topological polar surface area (TPSA) is 12.0 Å². The molecule has 0 aliphatic carbocycles. The van der Waals surface area contributed by atoms with Crippen LogP contribution in [0.5, 0.6) is 0 Å². The highest BCUT2D eigenvalue weighted by atomic mass is 79.9. The zero-order valence-corrected chi connectivity index (χ0v) is 9.75. The Kier molecular flexibility index (Phi) is 4.07. The molecule has 1 aliphatic heterocycles. The van der Waals surface area contributed by atoms with E-state index >= 15 is 0 Å². The van der Waals surface area contributed by atoms with Gasteiger partial charge in [-0.25, -0.2) is 0 Å². The molecule has 1 aromatic rings. The summed E-state index contributed by atoms with van der Waals surface area (Å²) >= 11 is 3.58. The van der Waals surface area contributed by atoms with E-state index in [2.05, 4.69) is 39.4 Å². The number of hydrogen-bond acceptors (Lipinski definition) is 1. The molecule has 0 radical (unpaired) electrons. The first-order valence-electron chi connectivity index (χ1n) is 4.39. The van der Waals surface area contributed by atoms with Crippen molar-refractivity contribution < 1.29 is 0 Å². The van der Waals surface area contributed by atoms with Crippen molar-refractivity contribution in [2.24, 2.45) is 0 Å². The molecule has 1 nitrogen and oxygen atoms in total. The minimum absolute atomic E-state index is 0.